The standard InChI is InChI=1S/C9H9BrFN3O2/c10-6-3-5(1-2-7(6)11)13-9(15)4-8(12)14-16/h1-3,16H,4H2,(H2,12,14)(H,13,15). The van der Waals surface area contributed by atoms with Crippen molar-refractivity contribution in [1.29, 1.82) is 0 Å². The van der Waals surface area contributed by atoms with Crippen molar-refractivity contribution < 1.29 is 14.4 Å². The third kappa shape index (κ3) is 3.50. The highest BCUT2D eigenvalue weighted by atomic mass is 79.9. The number of carbonyl (C=O) groups is 1. The molecule has 0 atom stereocenters. The van der Waals surface area contributed by atoms with E-state index in [1.165, 1.54) is 18.2 Å². The number of amidine groups is 1. The highest BCUT2D eigenvalue weighted by Gasteiger charge is 2.07. The Labute approximate surface area is 99.3 Å². The Morgan fingerprint density at radius 2 is 2.31 bits per heavy atom. The SMILES string of the molecule is N/C(CC(=O)Nc1ccc(F)c(Br)c1)=N/O. The maximum absolute atomic E-state index is 12.9. The summed E-state index contributed by atoms with van der Waals surface area (Å²) in [6.45, 7) is 0. The third-order valence-electron chi connectivity index (χ3n) is 1.67. The minimum atomic E-state index is -0.450. The summed E-state index contributed by atoms with van der Waals surface area (Å²) in [5.41, 5.74) is 5.57. The lowest BCUT2D eigenvalue weighted by atomic mass is 10.3. The van der Waals surface area contributed by atoms with Crippen LogP contribution in [-0.2, 0) is 4.79 Å². The average molecular weight is 290 g/mol. The number of rotatable bonds is 3. The van der Waals surface area contributed by atoms with E-state index in [-0.39, 0.29) is 16.7 Å². The summed E-state index contributed by atoms with van der Waals surface area (Å²) in [6.07, 6.45) is -0.231. The first kappa shape index (κ1) is 12.4. The highest BCUT2D eigenvalue weighted by Crippen LogP contribution is 2.19. The van der Waals surface area contributed by atoms with Gasteiger partial charge in [-0.05, 0) is 34.1 Å². The zero-order valence-electron chi connectivity index (χ0n) is 8.08. The van der Waals surface area contributed by atoms with Gasteiger partial charge in [-0.15, -0.1) is 0 Å². The molecule has 0 unspecified atom stereocenters. The predicted octanol–water partition coefficient (Wildman–Crippen LogP) is 1.66. The van der Waals surface area contributed by atoms with E-state index in [1.807, 2.05) is 0 Å². The van der Waals surface area contributed by atoms with Gasteiger partial charge in [-0.25, -0.2) is 4.39 Å². The minimum Gasteiger partial charge on any atom is -0.409 e. The second-order valence-corrected chi connectivity index (χ2v) is 3.80. The van der Waals surface area contributed by atoms with E-state index in [0.717, 1.165) is 0 Å². The fraction of sp³-hybridized carbons (Fsp3) is 0.111. The molecule has 0 radical (unpaired) electrons. The van der Waals surface area contributed by atoms with E-state index in [1.54, 1.807) is 0 Å². The molecule has 5 nitrogen and oxygen atoms in total. The zero-order chi connectivity index (χ0) is 12.1. The Bertz CT molecular complexity index is 437. The molecule has 0 aromatic heterocycles. The molecule has 0 aliphatic carbocycles. The van der Waals surface area contributed by atoms with Gasteiger partial charge in [0.1, 0.15) is 11.7 Å². The summed E-state index contributed by atoms with van der Waals surface area (Å²) in [5.74, 6) is -1.07. The van der Waals surface area contributed by atoms with Gasteiger partial charge in [0.15, 0.2) is 0 Å². The predicted molar refractivity (Wildman–Crippen MR) is 60.8 cm³/mol. The van der Waals surface area contributed by atoms with E-state index in [0.29, 0.717) is 5.69 Å². The van der Waals surface area contributed by atoms with Crippen molar-refractivity contribution >= 4 is 33.4 Å². The third-order valence-corrected chi connectivity index (χ3v) is 2.28. The number of amides is 1. The van der Waals surface area contributed by atoms with Gasteiger partial charge in [0.2, 0.25) is 5.91 Å². The lowest BCUT2D eigenvalue weighted by Crippen LogP contribution is -2.22. The van der Waals surface area contributed by atoms with Gasteiger partial charge >= 0.3 is 0 Å². The fourth-order valence-electron chi connectivity index (χ4n) is 0.979. The number of halogens is 2. The van der Waals surface area contributed by atoms with Gasteiger partial charge in [0.25, 0.3) is 0 Å². The van der Waals surface area contributed by atoms with Crippen molar-refractivity contribution in [3.63, 3.8) is 0 Å². The minimum absolute atomic E-state index is 0.196. The zero-order valence-corrected chi connectivity index (χ0v) is 9.66. The van der Waals surface area contributed by atoms with Gasteiger partial charge in [0, 0.05) is 5.69 Å². The van der Waals surface area contributed by atoms with Crippen LogP contribution in [-0.4, -0.2) is 17.0 Å². The van der Waals surface area contributed by atoms with Crippen LogP contribution in [0.4, 0.5) is 10.1 Å². The first-order valence-electron chi connectivity index (χ1n) is 4.24. The molecule has 0 aliphatic rings. The number of nitrogens with zero attached hydrogens (tertiary/aromatic N) is 1. The first-order valence-corrected chi connectivity index (χ1v) is 5.03. The fourth-order valence-corrected chi connectivity index (χ4v) is 1.36. The number of oxime groups is 1. The molecule has 0 saturated carbocycles. The van der Waals surface area contributed by atoms with Crippen LogP contribution in [0, 0.1) is 5.82 Å². The maximum Gasteiger partial charge on any atom is 0.232 e. The van der Waals surface area contributed by atoms with Crippen LogP contribution in [0.5, 0.6) is 0 Å². The topological polar surface area (TPSA) is 87.7 Å². The Hall–Kier alpha value is -1.63. The van der Waals surface area contributed by atoms with Crippen LogP contribution in [0.3, 0.4) is 0 Å². The van der Waals surface area contributed by atoms with Crippen molar-refractivity contribution in [3.8, 4) is 0 Å². The normalized spacial score (nSPS) is 11.2. The van der Waals surface area contributed by atoms with Crippen molar-refractivity contribution in [2.24, 2.45) is 10.9 Å². The van der Waals surface area contributed by atoms with Gasteiger partial charge in [0.05, 0.1) is 10.9 Å². The quantitative estimate of drug-likeness (QED) is 0.342. The Morgan fingerprint density at radius 1 is 1.62 bits per heavy atom. The van der Waals surface area contributed by atoms with E-state index in [4.69, 9.17) is 10.9 Å². The molecule has 0 spiro atoms. The highest BCUT2D eigenvalue weighted by molar-refractivity contribution is 9.10. The van der Waals surface area contributed by atoms with Crippen molar-refractivity contribution in [2.75, 3.05) is 5.32 Å². The maximum atomic E-state index is 12.9. The van der Waals surface area contributed by atoms with Gasteiger partial charge in [-0.1, -0.05) is 5.16 Å². The number of benzene rings is 1. The molecule has 0 saturated heterocycles. The monoisotopic (exact) mass is 289 g/mol. The molecule has 0 fully saturated rings. The van der Waals surface area contributed by atoms with E-state index in [9.17, 15) is 9.18 Å². The first-order chi connectivity index (χ1) is 7.52. The second-order valence-electron chi connectivity index (χ2n) is 2.95. The molecule has 0 bridgehead atoms. The molecule has 4 N–H and O–H groups in total. The number of hydrogen-bond donors (Lipinski definition) is 3. The Balaban J connectivity index is 2.66. The van der Waals surface area contributed by atoms with Gasteiger partial charge < -0.3 is 16.3 Å². The number of carbonyl (C=O) groups excluding carboxylic acids is 1. The number of nitrogens with two attached hydrogens (primary N) is 1. The molecular weight excluding hydrogens is 281 g/mol. The lowest BCUT2D eigenvalue weighted by Gasteiger charge is -2.05. The van der Waals surface area contributed by atoms with E-state index in [2.05, 4.69) is 26.4 Å². The van der Waals surface area contributed by atoms with Crippen LogP contribution >= 0.6 is 15.9 Å². The smallest absolute Gasteiger partial charge is 0.232 e. The van der Waals surface area contributed by atoms with Crippen LogP contribution in [0.25, 0.3) is 0 Å². The van der Waals surface area contributed by atoms with Crippen LogP contribution in [0.2, 0.25) is 0 Å². The molecule has 16 heavy (non-hydrogen) atoms. The van der Waals surface area contributed by atoms with Crippen molar-refractivity contribution in [3.05, 3.63) is 28.5 Å². The lowest BCUT2D eigenvalue weighted by molar-refractivity contribution is -0.115. The van der Waals surface area contributed by atoms with Crippen LogP contribution in [0.1, 0.15) is 6.42 Å². The molecule has 1 amide bonds. The summed E-state index contributed by atoms with van der Waals surface area (Å²) < 4.78 is 13.1. The van der Waals surface area contributed by atoms with Crippen molar-refractivity contribution in [2.45, 2.75) is 6.42 Å². The summed E-state index contributed by atoms with van der Waals surface area (Å²) >= 11 is 2.99. The molecule has 1 aromatic rings. The number of nitrogens with one attached hydrogen (secondary N) is 1. The van der Waals surface area contributed by atoms with Crippen LogP contribution < -0.4 is 11.1 Å². The summed E-state index contributed by atoms with van der Waals surface area (Å²) in [6, 6.07) is 4.03. The van der Waals surface area contributed by atoms with Crippen LogP contribution in [0.15, 0.2) is 27.8 Å². The summed E-state index contributed by atoms with van der Waals surface area (Å²) in [4.78, 5) is 11.3. The molecule has 86 valence electrons. The number of anilines is 1. The van der Waals surface area contributed by atoms with Crippen molar-refractivity contribution in [1.82, 2.24) is 0 Å². The summed E-state index contributed by atoms with van der Waals surface area (Å²) in [7, 11) is 0. The molecular formula is C9H9BrFN3O2. The Morgan fingerprint density at radius 3 is 2.88 bits per heavy atom. The molecule has 1 aromatic carbocycles. The Kier molecular flexibility index (Phi) is 4.24. The average Bonchev–Trinajstić information content (AvgIpc) is 2.23. The molecule has 7 heteroatoms. The molecule has 1 rings (SSSR count). The molecule has 0 heterocycles. The van der Waals surface area contributed by atoms with E-state index < -0.39 is 11.7 Å². The second kappa shape index (κ2) is 5.45. The summed E-state index contributed by atoms with van der Waals surface area (Å²) in [5, 5.41) is 13.4. The molecule has 0 aliphatic heterocycles. The van der Waals surface area contributed by atoms with Gasteiger partial charge in [-0.2, -0.15) is 0 Å². The van der Waals surface area contributed by atoms with Gasteiger partial charge in [-0.3, -0.25) is 4.79 Å². The van der Waals surface area contributed by atoms with E-state index >= 15 is 0 Å². The number of hydrogen-bond acceptors (Lipinski definition) is 3. The largest absolute Gasteiger partial charge is 0.409 e.